The third-order valence-corrected chi connectivity index (χ3v) is 2.36. The number of amides is 1. The van der Waals surface area contributed by atoms with Crippen molar-refractivity contribution in [1.82, 2.24) is 19.8 Å². The molecule has 0 unspecified atom stereocenters. The quantitative estimate of drug-likeness (QED) is 0.790. The lowest BCUT2D eigenvalue weighted by molar-refractivity contribution is 0.0780. The second kappa shape index (κ2) is 6.15. The summed E-state index contributed by atoms with van der Waals surface area (Å²) < 4.78 is 0. The van der Waals surface area contributed by atoms with Crippen LogP contribution in [0, 0.1) is 0 Å². The number of hydrogen-bond acceptors (Lipinski definition) is 5. The minimum Gasteiger partial charge on any atom is -0.372 e. The Balaban J connectivity index is 2.61. The van der Waals surface area contributed by atoms with Gasteiger partial charge in [0.15, 0.2) is 0 Å². The average Bonchev–Trinajstić information content (AvgIpc) is 2.35. The van der Waals surface area contributed by atoms with Gasteiger partial charge < -0.3 is 15.1 Å². The third-order valence-electron chi connectivity index (χ3n) is 2.36. The van der Waals surface area contributed by atoms with Gasteiger partial charge in [0, 0.05) is 27.2 Å². The van der Waals surface area contributed by atoms with Crippen LogP contribution in [0.25, 0.3) is 0 Å². The van der Waals surface area contributed by atoms with Crippen molar-refractivity contribution in [3.8, 4) is 0 Å². The molecule has 0 aliphatic carbocycles. The smallest absolute Gasteiger partial charge is 0.273 e. The second-order valence-corrected chi connectivity index (χ2v) is 4.07. The Morgan fingerprint density at radius 1 is 1.24 bits per heavy atom. The van der Waals surface area contributed by atoms with Crippen LogP contribution in [0.1, 0.15) is 10.5 Å². The maximum atomic E-state index is 11.9. The molecule has 0 aromatic carbocycles. The zero-order valence-electron chi connectivity index (χ0n) is 10.8. The minimum absolute atomic E-state index is 0.109. The van der Waals surface area contributed by atoms with Crippen molar-refractivity contribution in [1.29, 1.82) is 0 Å². The third kappa shape index (κ3) is 3.99. The molecule has 0 spiro atoms. The summed E-state index contributed by atoms with van der Waals surface area (Å²) in [5, 5.41) is 2.86. The van der Waals surface area contributed by atoms with E-state index in [2.05, 4.69) is 15.3 Å². The molecule has 6 nitrogen and oxygen atoms in total. The molecule has 0 fully saturated rings. The van der Waals surface area contributed by atoms with E-state index >= 15 is 0 Å². The highest BCUT2D eigenvalue weighted by molar-refractivity contribution is 5.91. The summed E-state index contributed by atoms with van der Waals surface area (Å²) in [7, 11) is 7.47. The molecule has 0 saturated heterocycles. The van der Waals surface area contributed by atoms with Gasteiger partial charge in [0.25, 0.3) is 5.91 Å². The van der Waals surface area contributed by atoms with Crippen LogP contribution in [0.4, 0.5) is 5.82 Å². The number of aromatic nitrogens is 2. The molecule has 0 aliphatic heterocycles. The fourth-order valence-electron chi connectivity index (χ4n) is 1.21. The standard InChI is InChI=1S/C11H19N5O/c1-12-10-8-13-9(7-14-10)11(17)16(4)6-5-15(2)3/h7-8H,5-6H2,1-4H3,(H,12,14). The average molecular weight is 237 g/mol. The van der Waals surface area contributed by atoms with E-state index in [0.717, 1.165) is 6.54 Å². The van der Waals surface area contributed by atoms with Gasteiger partial charge in [-0.2, -0.15) is 0 Å². The maximum absolute atomic E-state index is 11.9. The van der Waals surface area contributed by atoms with E-state index in [1.54, 1.807) is 25.2 Å². The highest BCUT2D eigenvalue weighted by Gasteiger charge is 2.13. The first-order chi connectivity index (χ1) is 8.04. The van der Waals surface area contributed by atoms with Gasteiger partial charge in [-0.25, -0.2) is 9.97 Å². The topological polar surface area (TPSA) is 61.4 Å². The Morgan fingerprint density at radius 2 is 1.94 bits per heavy atom. The van der Waals surface area contributed by atoms with Gasteiger partial charge in [0.2, 0.25) is 0 Å². The largest absolute Gasteiger partial charge is 0.372 e. The summed E-state index contributed by atoms with van der Waals surface area (Å²) in [6.45, 7) is 1.49. The van der Waals surface area contributed by atoms with Crippen LogP contribution in [-0.4, -0.2) is 67.0 Å². The molecule has 94 valence electrons. The molecular formula is C11H19N5O. The molecular weight excluding hydrogens is 218 g/mol. The molecule has 1 rings (SSSR count). The Hall–Kier alpha value is -1.69. The van der Waals surface area contributed by atoms with E-state index in [4.69, 9.17) is 0 Å². The van der Waals surface area contributed by atoms with Gasteiger partial charge in [-0.15, -0.1) is 0 Å². The highest BCUT2D eigenvalue weighted by Crippen LogP contribution is 2.02. The Labute approximate surface area is 102 Å². The number of carbonyl (C=O) groups excluding carboxylic acids is 1. The van der Waals surface area contributed by atoms with E-state index in [0.29, 0.717) is 18.1 Å². The molecule has 0 saturated carbocycles. The van der Waals surface area contributed by atoms with Gasteiger partial charge in [0.1, 0.15) is 11.5 Å². The molecule has 0 bridgehead atoms. The van der Waals surface area contributed by atoms with Crippen molar-refractivity contribution >= 4 is 11.7 Å². The van der Waals surface area contributed by atoms with Crippen LogP contribution >= 0.6 is 0 Å². The van der Waals surface area contributed by atoms with Crippen molar-refractivity contribution in [2.45, 2.75) is 0 Å². The number of nitrogens with one attached hydrogen (secondary N) is 1. The normalized spacial score (nSPS) is 10.4. The van der Waals surface area contributed by atoms with E-state index in [1.807, 2.05) is 19.0 Å². The first-order valence-corrected chi connectivity index (χ1v) is 5.44. The van der Waals surface area contributed by atoms with Crippen molar-refractivity contribution < 1.29 is 4.79 Å². The second-order valence-electron chi connectivity index (χ2n) is 4.07. The number of nitrogens with zero attached hydrogens (tertiary/aromatic N) is 4. The lowest BCUT2D eigenvalue weighted by atomic mass is 10.3. The number of rotatable bonds is 5. The SMILES string of the molecule is CNc1cnc(C(=O)N(C)CCN(C)C)cn1. The minimum atomic E-state index is -0.109. The molecule has 0 radical (unpaired) electrons. The predicted molar refractivity (Wildman–Crippen MR) is 67.1 cm³/mol. The Morgan fingerprint density at radius 3 is 2.41 bits per heavy atom. The molecule has 17 heavy (non-hydrogen) atoms. The molecule has 1 heterocycles. The number of carbonyl (C=O) groups is 1. The number of anilines is 1. The summed E-state index contributed by atoms with van der Waals surface area (Å²) in [5.74, 6) is 0.541. The van der Waals surface area contributed by atoms with Crippen molar-refractivity contribution in [3.63, 3.8) is 0 Å². The molecule has 0 atom stereocenters. The summed E-state index contributed by atoms with van der Waals surface area (Å²) in [5.41, 5.74) is 0.366. The fourth-order valence-corrected chi connectivity index (χ4v) is 1.21. The summed E-state index contributed by atoms with van der Waals surface area (Å²) >= 11 is 0. The highest BCUT2D eigenvalue weighted by atomic mass is 16.2. The van der Waals surface area contributed by atoms with Crippen LogP contribution in [-0.2, 0) is 0 Å². The van der Waals surface area contributed by atoms with Crippen LogP contribution < -0.4 is 5.32 Å². The van der Waals surface area contributed by atoms with Gasteiger partial charge in [-0.3, -0.25) is 4.79 Å². The lowest BCUT2D eigenvalue weighted by Gasteiger charge is -2.19. The van der Waals surface area contributed by atoms with E-state index in [1.165, 1.54) is 6.20 Å². The Kier molecular flexibility index (Phi) is 4.84. The van der Waals surface area contributed by atoms with Gasteiger partial charge >= 0.3 is 0 Å². The molecule has 1 N–H and O–H groups in total. The van der Waals surface area contributed by atoms with Gasteiger partial charge in [0.05, 0.1) is 12.4 Å². The predicted octanol–water partition coefficient (Wildman–Crippen LogP) is 0.152. The maximum Gasteiger partial charge on any atom is 0.273 e. The first kappa shape index (κ1) is 13.4. The van der Waals surface area contributed by atoms with Crippen LogP contribution in [0.2, 0.25) is 0 Å². The van der Waals surface area contributed by atoms with Gasteiger partial charge in [-0.1, -0.05) is 0 Å². The lowest BCUT2D eigenvalue weighted by Crippen LogP contribution is -2.34. The molecule has 1 aromatic rings. The van der Waals surface area contributed by atoms with Crippen molar-refractivity contribution in [2.75, 3.05) is 46.6 Å². The zero-order chi connectivity index (χ0) is 12.8. The van der Waals surface area contributed by atoms with E-state index in [9.17, 15) is 4.79 Å². The number of hydrogen-bond donors (Lipinski definition) is 1. The monoisotopic (exact) mass is 237 g/mol. The summed E-state index contributed by atoms with van der Waals surface area (Å²) in [6.07, 6.45) is 3.04. The fraction of sp³-hybridized carbons (Fsp3) is 0.545. The molecule has 0 aliphatic rings. The van der Waals surface area contributed by atoms with Crippen molar-refractivity contribution in [3.05, 3.63) is 18.1 Å². The Bertz CT molecular complexity index is 363. The van der Waals surface area contributed by atoms with Gasteiger partial charge in [-0.05, 0) is 14.1 Å². The van der Waals surface area contributed by atoms with Crippen LogP contribution in [0.3, 0.4) is 0 Å². The molecule has 1 aromatic heterocycles. The summed E-state index contributed by atoms with van der Waals surface area (Å²) in [6, 6.07) is 0. The van der Waals surface area contributed by atoms with Crippen LogP contribution in [0.15, 0.2) is 12.4 Å². The van der Waals surface area contributed by atoms with E-state index in [-0.39, 0.29) is 5.91 Å². The summed E-state index contributed by atoms with van der Waals surface area (Å²) in [4.78, 5) is 23.7. The van der Waals surface area contributed by atoms with E-state index < -0.39 is 0 Å². The van der Waals surface area contributed by atoms with Crippen molar-refractivity contribution in [2.24, 2.45) is 0 Å². The van der Waals surface area contributed by atoms with Crippen LogP contribution in [0.5, 0.6) is 0 Å². The molecule has 1 amide bonds. The first-order valence-electron chi connectivity index (χ1n) is 5.44. The number of likely N-dealkylation sites (N-methyl/N-ethyl adjacent to an activating group) is 2. The molecule has 6 heteroatoms. The zero-order valence-corrected chi connectivity index (χ0v) is 10.8.